The molecule has 0 saturated heterocycles. The zero-order chi connectivity index (χ0) is 9.72. The van der Waals surface area contributed by atoms with Gasteiger partial charge in [0.2, 0.25) is 5.78 Å². The third kappa shape index (κ3) is 3.48. The van der Waals surface area contributed by atoms with Gasteiger partial charge in [0, 0.05) is 12.5 Å². The van der Waals surface area contributed by atoms with Crippen LogP contribution in [0, 0.1) is 11.8 Å². The van der Waals surface area contributed by atoms with Crippen LogP contribution in [-0.2, 0) is 9.59 Å². The lowest BCUT2D eigenvalue weighted by atomic mass is 9.93. The number of hydrogen-bond donors (Lipinski definition) is 2. The molecule has 0 aliphatic carbocycles. The van der Waals surface area contributed by atoms with Crippen molar-refractivity contribution in [2.24, 2.45) is 17.6 Å². The normalized spacial score (nSPS) is 13.0. The van der Waals surface area contributed by atoms with Gasteiger partial charge in [0.05, 0.1) is 0 Å². The average Bonchev–Trinajstić information content (AvgIpc) is 1.98. The van der Waals surface area contributed by atoms with Gasteiger partial charge in [0.15, 0.2) is 0 Å². The number of nitrogens with two attached hydrogens (primary N) is 1. The van der Waals surface area contributed by atoms with Crippen molar-refractivity contribution in [3.63, 3.8) is 0 Å². The molecule has 0 rings (SSSR count). The van der Waals surface area contributed by atoms with E-state index >= 15 is 0 Å². The van der Waals surface area contributed by atoms with Crippen LogP contribution >= 0.6 is 0 Å². The van der Waals surface area contributed by atoms with Gasteiger partial charge in [-0.2, -0.15) is 0 Å². The van der Waals surface area contributed by atoms with Gasteiger partial charge >= 0.3 is 5.97 Å². The van der Waals surface area contributed by atoms with E-state index in [-0.39, 0.29) is 6.54 Å². The Morgan fingerprint density at radius 1 is 1.42 bits per heavy atom. The minimum absolute atomic E-state index is 0.114. The summed E-state index contributed by atoms with van der Waals surface area (Å²) in [6.07, 6.45) is 0.543. The molecule has 4 nitrogen and oxygen atoms in total. The quantitative estimate of drug-likeness (QED) is 0.584. The number of carboxylic acid groups (broad SMARTS) is 1. The molecule has 0 spiro atoms. The highest BCUT2D eigenvalue weighted by Crippen LogP contribution is 2.11. The van der Waals surface area contributed by atoms with Crippen molar-refractivity contribution in [1.82, 2.24) is 0 Å². The molecule has 0 aliphatic rings. The van der Waals surface area contributed by atoms with Crippen LogP contribution in [0.1, 0.15) is 20.3 Å². The van der Waals surface area contributed by atoms with Gasteiger partial charge in [-0.15, -0.1) is 0 Å². The van der Waals surface area contributed by atoms with Crippen molar-refractivity contribution in [2.75, 3.05) is 6.54 Å². The molecule has 0 amide bonds. The van der Waals surface area contributed by atoms with Crippen molar-refractivity contribution in [3.05, 3.63) is 0 Å². The van der Waals surface area contributed by atoms with Crippen molar-refractivity contribution in [2.45, 2.75) is 20.3 Å². The third-order valence-corrected chi connectivity index (χ3v) is 1.62. The van der Waals surface area contributed by atoms with E-state index in [1.165, 1.54) is 0 Å². The second-order valence-corrected chi connectivity index (χ2v) is 3.23. The van der Waals surface area contributed by atoms with Gasteiger partial charge in [0.1, 0.15) is 0 Å². The van der Waals surface area contributed by atoms with Crippen LogP contribution in [0.4, 0.5) is 0 Å². The van der Waals surface area contributed by atoms with Crippen LogP contribution < -0.4 is 5.73 Å². The molecule has 12 heavy (non-hydrogen) atoms. The fourth-order valence-electron chi connectivity index (χ4n) is 1.05. The Bertz CT molecular complexity index is 177. The monoisotopic (exact) mass is 173 g/mol. The van der Waals surface area contributed by atoms with Gasteiger partial charge in [0.25, 0.3) is 0 Å². The summed E-state index contributed by atoms with van der Waals surface area (Å²) in [6.45, 7) is 3.97. The number of carbonyl (C=O) groups is 2. The summed E-state index contributed by atoms with van der Waals surface area (Å²) in [4.78, 5) is 21.2. The molecule has 0 aliphatic heterocycles. The molecule has 1 atom stereocenters. The first-order chi connectivity index (χ1) is 5.49. The largest absolute Gasteiger partial charge is 0.475 e. The molecule has 0 aromatic heterocycles. The van der Waals surface area contributed by atoms with Crippen molar-refractivity contribution in [3.8, 4) is 0 Å². The van der Waals surface area contributed by atoms with E-state index in [9.17, 15) is 9.59 Å². The Morgan fingerprint density at radius 3 is 2.17 bits per heavy atom. The van der Waals surface area contributed by atoms with E-state index in [1.807, 2.05) is 13.8 Å². The van der Waals surface area contributed by atoms with E-state index in [0.717, 1.165) is 0 Å². The minimum atomic E-state index is -1.38. The number of hydrogen-bond acceptors (Lipinski definition) is 3. The summed E-state index contributed by atoms with van der Waals surface area (Å²) in [5.74, 6) is -2.39. The summed E-state index contributed by atoms with van der Waals surface area (Å²) in [5, 5.41) is 8.39. The summed E-state index contributed by atoms with van der Waals surface area (Å²) >= 11 is 0. The second kappa shape index (κ2) is 4.87. The van der Waals surface area contributed by atoms with Crippen LogP contribution in [-0.4, -0.2) is 23.4 Å². The third-order valence-electron chi connectivity index (χ3n) is 1.62. The Kier molecular flexibility index (Phi) is 4.51. The summed E-state index contributed by atoms with van der Waals surface area (Å²) in [7, 11) is 0. The van der Waals surface area contributed by atoms with Gasteiger partial charge in [-0.25, -0.2) is 4.79 Å². The fourth-order valence-corrected chi connectivity index (χ4v) is 1.05. The lowest BCUT2D eigenvalue weighted by molar-refractivity contribution is -0.151. The minimum Gasteiger partial charge on any atom is -0.475 e. The van der Waals surface area contributed by atoms with E-state index in [1.54, 1.807) is 0 Å². The highest BCUT2D eigenvalue weighted by atomic mass is 16.4. The Morgan fingerprint density at radius 2 is 1.92 bits per heavy atom. The molecule has 4 heteroatoms. The number of Topliss-reactive ketones (excluding diaryl/α,β-unsaturated/α-hetero) is 1. The van der Waals surface area contributed by atoms with E-state index in [2.05, 4.69) is 0 Å². The predicted molar refractivity (Wildman–Crippen MR) is 44.6 cm³/mol. The number of rotatable bonds is 5. The lowest BCUT2D eigenvalue weighted by Gasteiger charge is -2.12. The summed E-state index contributed by atoms with van der Waals surface area (Å²) in [5.41, 5.74) is 5.28. The first kappa shape index (κ1) is 11.1. The molecule has 0 aromatic rings. The number of ketones is 1. The number of carboxylic acids is 1. The molecule has 70 valence electrons. The van der Waals surface area contributed by atoms with Crippen molar-refractivity contribution >= 4 is 11.8 Å². The van der Waals surface area contributed by atoms with Gasteiger partial charge in [-0.05, 0) is 12.3 Å². The van der Waals surface area contributed by atoms with Gasteiger partial charge in [-0.3, -0.25) is 4.79 Å². The van der Waals surface area contributed by atoms with Crippen LogP contribution in [0.3, 0.4) is 0 Å². The van der Waals surface area contributed by atoms with Crippen LogP contribution in [0.15, 0.2) is 0 Å². The molecule has 3 N–H and O–H groups in total. The number of aliphatic carboxylic acids is 1. The van der Waals surface area contributed by atoms with Crippen LogP contribution in [0.2, 0.25) is 0 Å². The molecular formula is C8H15NO3. The van der Waals surface area contributed by atoms with Crippen molar-refractivity contribution < 1.29 is 14.7 Å². The summed E-state index contributed by atoms with van der Waals surface area (Å²) in [6, 6.07) is 0. The second-order valence-electron chi connectivity index (χ2n) is 3.23. The van der Waals surface area contributed by atoms with E-state index < -0.39 is 17.7 Å². The molecular weight excluding hydrogens is 158 g/mol. The molecule has 0 saturated carbocycles. The Balaban J connectivity index is 4.15. The highest BCUT2D eigenvalue weighted by molar-refractivity contribution is 6.33. The zero-order valence-corrected chi connectivity index (χ0v) is 7.41. The van der Waals surface area contributed by atoms with Crippen LogP contribution in [0.25, 0.3) is 0 Å². The maximum absolute atomic E-state index is 10.9. The zero-order valence-electron chi connectivity index (χ0n) is 7.41. The highest BCUT2D eigenvalue weighted by Gasteiger charge is 2.23. The standard InChI is InChI=1S/C8H15NO3/c1-5(2)3-6(4-9)7(10)8(11)12/h5-6H,3-4,9H2,1-2H3,(H,11,12)/t6-/m0/s1. The average molecular weight is 173 g/mol. The molecule has 0 bridgehead atoms. The van der Waals surface area contributed by atoms with Gasteiger partial charge < -0.3 is 10.8 Å². The van der Waals surface area contributed by atoms with Gasteiger partial charge in [-0.1, -0.05) is 13.8 Å². The Labute approximate surface area is 71.8 Å². The number of carbonyl (C=O) groups excluding carboxylic acids is 1. The first-order valence-electron chi connectivity index (χ1n) is 3.96. The van der Waals surface area contributed by atoms with Crippen LogP contribution in [0.5, 0.6) is 0 Å². The van der Waals surface area contributed by atoms with E-state index in [0.29, 0.717) is 12.3 Å². The SMILES string of the molecule is CC(C)C[C@@H](CN)C(=O)C(=O)O. The first-order valence-corrected chi connectivity index (χ1v) is 3.96. The maximum Gasteiger partial charge on any atom is 0.372 e. The van der Waals surface area contributed by atoms with Crippen molar-refractivity contribution in [1.29, 1.82) is 0 Å². The molecule has 0 heterocycles. The Hall–Kier alpha value is -0.900. The topological polar surface area (TPSA) is 80.4 Å². The predicted octanol–water partition coefficient (Wildman–Crippen LogP) is 0.261. The smallest absolute Gasteiger partial charge is 0.372 e. The molecule has 0 fully saturated rings. The molecule has 0 unspecified atom stereocenters. The fraction of sp³-hybridized carbons (Fsp3) is 0.750. The van der Waals surface area contributed by atoms with E-state index in [4.69, 9.17) is 10.8 Å². The molecule has 0 aromatic carbocycles. The maximum atomic E-state index is 10.9. The molecule has 0 radical (unpaired) electrons. The lowest BCUT2D eigenvalue weighted by Crippen LogP contribution is -2.30. The summed E-state index contributed by atoms with van der Waals surface area (Å²) < 4.78 is 0.